The summed E-state index contributed by atoms with van der Waals surface area (Å²) in [6.07, 6.45) is 10.6. The highest BCUT2D eigenvalue weighted by Crippen LogP contribution is 2.25. The molecule has 0 radical (unpaired) electrons. The molecule has 18 heavy (non-hydrogen) atoms. The summed E-state index contributed by atoms with van der Waals surface area (Å²) in [7, 11) is 0. The Morgan fingerprint density at radius 2 is 2.11 bits per heavy atom. The lowest BCUT2D eigenvalue weighted by atomic mass is 9.87. The highest BCUT2D eigenvalue weighted by Gasteiger charge is 2.14. The Bertz CT molecular complexity index is 447. The molecule has 2 N–H and O–H groups in total. The standard InChI is InChI=1S/C14H20N2O2/c17-13-7-8-15-10-12(13)14(18)16-9-6-11-4-2-1-3-5-11/h7-8,10-11H,1-6,9H2,(H,15,17)(H,16,18). The van der Waals surface area contributed by atoms with Crippen molar-refractivity contribution >= 4 is 5.91 Å². The van der Waals surface area contributed by atoms with E-state index in [-0.39, 0.29) is 16.9 Å². The summed E-state index contributed by atoms with van der Waals surface area (Å²) in [6.45, 7) is 0.665. The zero-order chi connectivity index (χ0) is 12.8. The number of aromatic nitrogens is 1. The van der Waals surface area contributed by atoms with Crippen molar-refractivity contribution in [2.45, 2.75) is 38.5 Å². The number of hydrogen-bond donors (Lipinski definition) is 2. The molecule has 1 saturated carbocycles. The molecule has 1 heterocycles. The summed E-state index contributed by atoms with van der Waals surface area (Å²) < 4.78 is 0. The van der Waals surface area contributed by atoms with Crippen molar-refractivity contribution in [1.82, 2.24) is 10.3 Å². The fraction of sp³-hybridized carbons (Fsp3) is 0.571. The van der Waals surface area contributed by atoms with Crippen molar-refractivity contribution in [3.8, 4) is 0 Å². The lowest BCUT2D eigenvalue weighted by Crippen LogP contribution is -2.30. The minimum Gasteiger partial charge on any atom is -0.367 e. The van der Waals surface area contributed by atoms with Crippen LogP contribution in [0.4, 0.5) is 0 Å². The van der Waals surface area contributed by atoms with Crippen molar-refractivity contribution in [3.63, 3.8) is 0 Å². The Labute approximate surface area is 107 Å². The van der Waals surface area contributed by atoms with Gasteiger partial charge in [0, 0.05) is 25.0 Å². The molecule has 0 unspecified atom stereocenters. The molecule has 0 bridgehead atoms. The molecule has 4 heteroatoms. The van der Waals surface area contributed by atoms with Gasteiger partial charge in [-0.1, -0.05) is 32.1 Å². The minimum absolute atomic E-state index is 0.196. The summed E-state index contributed by atoms with van der Waals surface area (Å²) in [5.41, 5.74) is -0.0370. The fourth-order valence-corrected chi connectivity index (χ4v) is 2.55. The lowest BCUT2D eigenvalue weighted by Gasteiger charge is -2.21. The summed E-state index contributed by atoms with van der Waals surface area (Å²) in [4.78, 5) is 26.0. The Balaban J connectivity index is 1.78. The first-order valence-corrected chi connectivity index (χ1v) is 6.72. The van der Waals surface area contributed by atoms with E-state index < -0.39 is 0 Å². The highest BCUT2D eigenvalue weighted by atomic mass is 16.2. The van der Waals surface area contributed by atoms with Crippen LogP contribution in [-0.2, 0) is 0 Å². The monoisotopic (exact) mass is 248 g/mol. The largest absolute Gasteiger partial charge is 0.367 e. The van der Waals surface area contributed by atoms with Gasteiger partial charge in [0.25, 0.3) is 5.91 Å². The van der Waals surface area contributed by atoms with Gasteiger partial charge in [0.05, 0.1) is 0 Å². The number of carbonyl (C=O) groups is 1. The van der Waals surface area contributed by atoms with Crippen LogP contribution in [0.25, 0.3) is 0 Å². The summed E-state index contributed by atoms with van der Waals surface area (Å²) in [6, 6.07) is 1.37. The van der Waals surface area contributed by atoms with E-state index in [9.17, 15) is 9.59 Å². The number of amides is 1. The first-order valence-electron chi connectivity index (χ1n) is 6.72. The smallest absolute Gasteiger partial charge is 0.256 e. The van der Waals surface area contributed by atoms with Crippen LogP contribution in [0.15, 0.2) is 23.3 Å². The molecule has 0 aromatic carbocycles. The van der Waals surface area contributed by atoms with E-state index in [0.717, 1.165) is 12.3 Å². The van der Waals surface area contributed by atoms with Crippen molar-refractivity contribution < 1.29 is 4.79 Å². The molecule has 0 aliphatic heterocycles. The molecular weight excluding hydrogens is 228 g/mol. The van der Waals surface area contributed by atoms with Crippen LogP contribution in [0.1, 0.15) is 48.9 Å². The van der Waals surface area contributed by atoms with Crippen LogP contribution < -0.4 is 10.7 Å². The van der Waals surface area contributed by atoms with E-state index in [0.29, 0.717) is 6.54 Å². The molecule has 0 saturated heterocycles. The van der Waals surface area contributed by atoms with Crippen LogP contribution in [-0.4, -0.2) is 17.4 Å². The lowest BCUT2D eigenvalue weighted by molar-refractivity contribution is 0.0949. The molecule has 0 spiro atoms. The number of nitrogens with one attached hydrogen (secondary N) is 2. The van der Waals surface area contributed by atoms with Crippen molar-refractivity contribution in [1.29, 1.82) is 0 Å². The van der Waals surface area contributed by atoms with E-state index in [4.69, 9.17) is 0 Å². The summed E-state index contributed by atoms with van der Waals surface area (Å²) in [5.74, 6) is 0.473. The van der Waals surface area contributed by atoms with Crippen LogP contribution in [0, 0.1) is 5.92 Å². The normalized spacial score (nSPS) is 16.4. The molecule has 4 nitrogen and oxygen atoms in total. The summed E-state index contributed by atoms with van der Waals surface area (Å²) >= 11 is 0. The van der Waals surface area contributed by atoms with E-state index in [1.165, 1.54) is 50.6 Å². The molecule has 1 amide bonds. The van der Waals surface area contributed by atoms with E-state index >= 15 is 0 Å². The second-order valence-corrected chi connectivity index (χ2v) is 4.97. The SMILES string of the molecule is O=C(NCCC1CCCCC1)c1c[nH]ccc1=O. The van der Waals surface area contributed by atoms with Gasteiger partial charge in [-0.25, -0.2) is 0 Å². The van der Waals surface area contributed by atoms with Gasteiger partial charge in [-0.3, -0.25) is 9.59 Å². The molecule has 1 aromatic heterocycles. The van der Waals surface area contributed by atoms with Gasteiger partial charge in [-0.15, -0.1) is 0 Å². The van der Waals surface area contributed by atoms with Crippen molar-refractivity contribution in [2.75, 3.05) is 6.54 Å². The third kappa shape index (κ3) is 3.45. The Hall–Kier alpha value is -1.58. The topological polar surface area (TPSA) is 62.0 Å². The maximum absolute atomic E-state index is 11.8. The Kier molecular flexibility index (Phi) is 4.56. The van der Waals surface area contributed by atoms with Gasteiger partial charge in [0.15, 0.2) is 5.43 Å². The second kappa shape index (κ2) is 6.38. The second-order valence-electron chi connectivity index (χ2n) is 4.97. The van der Waals surface area contributed by atoms with Gasteiger partial charge < -0.3 is 10.3 Å². The average Bonchev–Trinajstić information content (AvgIpc) is 2.40. The van der Waals surface area contributed by atoms with E-state index in [1.807, 2.05) is 0 Å². The molecule has 0 atom stereocenters. The third-order valence-corrected chi connectivity index (χ3v) is 3.63. The molecule has 2 rings (SSSR count). The first kappa shape index (κ1) is 12.9. The van der Waals surface area contributed by atoms with Gasteiger partial charge in [0.2, 0.25) is 0 Å². The molecule has 1 aliphatic rings. The van der Waals surface area contributed by atoms with E-state index in [1.54, 1.807) is 0 Å². The van der Waals surface area contributed by atoms with Crippen LogP contribution >= 0.6 is 0 Å². The predicted octanol–water partition coefficient (Wildman–Crippen LogP) is 2.08. The number of carbonyl (C=O) groups excluding carboxylic acids is 1. The number of rotatable bonds is 4. The zero-order valence-electron chi connectivity index (χ0n) is 10.6. The van der Waals surface area contributed by atoms with E-state index in [2.05, 4.69) is 10.3 Å². The molecular formula is C14H20N2O2. The average molecular weight is 248 g/mol. The minimum atomic E-state index is -0.271. The maximum Gasteiger partial charge on any atom is 0.256 e. The zero-order valence-corrected chi connectivity index (χ0v) is 10.6. The molecule has 1 fully saturated rings. The quantitative estimate of drug-likeness (QED) is 0.857. The molecule has 1 aliphatic carbocycles. The Morgan fingerprint density at radius 1 is 1.33 bits per heavy atom. The van der Waals surface area contributed by atoms with Crippen LogP contribution in [0.5, 0.6) is 0 Å². The van der Waals surface area contributed by atoms with Crippen LogP contribution in [0.3, 0.4) is 0 Å². The van der Waals surface area contributed by atoms with Crippen molar-refractivity contribution in [2.24, 2.45) is 5.92 Å². The van der Waals surface area contributed by atoms with Gasteiger partial charge >= 0.3 is 0 Å². The number of hydrogen-bond acceptors (Lipinski definition) is 2. The number of aromatic amines is 1. The van der Waals surface area contributed by atoms with Crippen molar-refractivity contribution in [3.05, 3.63) is 34.2 Å². The molecule has 98 valence electrons. The predicted molar refractivity (Wildman–Crippen MR) is 70.6 cm³/mol. The maximum atomic E-state index is 11.8. The molecule has 1 aromatic rings. The van der Waals surface area contributed by atoms with Gasteiger partial charge in [-0.2, -0.15) is 0 Å². The highest BCUT2D eigenvalue weighted by molar-refractivity contribution is 5.93. The van der Waals surface area contributed by atoms with Gasteiger partial charge in [0.1, 0.15) is 5.56 Å². The fourth-order valence-electron chi connectivity index (χ4n) is 2.55. The summed E-state index contributed by atoms with van der Waals surface area (Å²) in [5, 5.41) is 2.83. The Morgan fingerprint density at radius 3 is 2.83 bits per heavy atom. The third-order valence-electron chi connectivity index (χ3n) is 3.63. The number of H-pyrrole nitrogens is 1. The van der Waals surface area contributed by atoms with Gasteiger partial charge in [-0.05, 0) is 12.3 Å². The first-order chi connectivity index (χ1) is 8.77. The van der Waals surface area contributed by atoms with Crippen LogP contribution in [0.2, 0.25) is 0 Å². The number of pyridine rings is 1.